The maximum Gasteiger partial charge on any atom is 0.311 e. The molecule has 3 rings (SSSR count). The van der Waals surface area contributed by atoms with Crippen LogP contribution in [-0.4, -0.2) is 18.9 Å². The highest BCUT2D eigenvalue weighted by Gasteiger charge is 2.49. The highest BCUT2D eigenvalue weighted by atomic mass is 16.7. The Kier molecular flexibility index (Phi) is 2.63. The van der Waals surface area contributed by atoms with Crippen LogP contribution in [0.25, 0.3) is 0 Å². The smallest absolute Gasteiger partial charge is 0.311 e. The number of ether oxygens (including phenoxy) is 2. The SMILES string of the molecule is C[C@H]1C(=O)O[C@@H]2OCC[C@@H](c3ccccc3)[C@@H]21. The summed E-state index contributed by atoms with van der Waals surface area (Å²) in [5.41, 5.74) is 1.29. The predicted octanol–water partition coefficient (Wildman–Crippen LogP) is 2.33. The lowest BCUT2D eigenvalue weighted by Crippen LogP contribution is -2.34. The van der Waals surface area contributed by atoms with Crippen LogP contribution in [0.3, 0.4) is 0 Å². The molecule has 2 aliphatic rings. The first-order valence-electron chi connectivity index (χ1n) is 6.14. The first-order valence-corrected chi connectivity index (χ1v) is 6.14. The van der Waals surface area contributed by atoms with Crippen molar-refractivity contribution >= 4 is 5.97 Å². The molecule has 2 aliphatic heterocycles. The Morgan fingerprint density at radius 1 is 1.24 bits per heavy atom. The van der Waals surface area contributed by atoms with Crippen LogP contribution in [-0.2, 0) is 14.3 Å². The van der Waals surface area contributed by atoms with Gasteiger partial charge in [-0.05, 0) is 17.9 Å². The molecule has 0 bridgehead atoms. The average Bonchev–Trinajstić information content (AvgIpc) is 2.66. The maximum absolute atomic E-state index is 11.6. The minimum Gasteiger partial charge on any atom is -0.435 e. The molecule has 3 heteroatoms. The van der Waals surface area contributed by atoms with E-state index in [0.29, 0.717) is 12.5 Å². The summed E-state index contributed by atoms with van der Waals surface area (Å²) in [7, 11) is 0. The van der Waals surface area contributed by atoms with Gasteiger partial charge < -0.3 is 9.47 Å². The van der Waals surface area contributed by atoms with E-state index in [-0.39, 0.29) is 24.1 Å². The predicted molar refractivity (Wildman–Crippen MR) is 62.3 cm³/mol. The van der Waals surface area contributed by atoms with Crippen molar-refractivity contribution in [3.63, 3.8) is 0 Å². The van der Waals surface area contributed by atoms with E-state index in [4.69, 9.17) is 9.47 Å². The highest BCUT2D eigenvalue weighted by Crippen LogP contribution is 2.44. The van der Waals surface area contributed by atoms with Gasteiger partial charge in [-0.25, -0.2) is 0 Å². The second kappa shape index (κ2) is 4.15. The molecule has 4 atom stereocenters. The largest absolute Gasteiger partial charge is 0.435 e. The molecular weight excluding hydrogens is 216 g/mol. The second-order valence-electron chi connectivity index (χ2n) is 4.85. The molecule has 0 aliphatic carbocycles. The van der Waals surface area contributed by atoms with Crippen LogP contribution in [0, 0.1) is 11.8 Å². The molecule has 0 spiro atoms. The van der Waals surface area contributed by atoms with Crippen LogP contribution < -0.4 is 0 Å². The van der Waals surface area contributed by atoms with Crippen molar-refractivity contribution in [3.05, 3.63) is 35.9 Å². The van der Waals surface area contributed by atoms with Gasteiger partial charge in [0.15, 0.2) is 0 Å². The summed E-state index contributed by atoms with van der Waals surface area (Å²) in [6.45, 7) is 2.61. The lowest BCUT2D eigenvalue weighted by molar-refractivity contribution is -0.176. The first-order chi connectivity index (χ1) is 8.27. The summed E-state index contributed by atoms with van der Waals surface area (Å²) in [5, 5.41) is 0. The van der Waals surface area contributed by atoms with Crippen LogP contribution in [0.1, 0.15) is 24.8 Å². The topological polar surface area (TPSA) is 35.5 Å². The van der Waals surface area contributed by atoms with Crippen molar-refractivity contribution in [2.45, 2.75) is 25.6 Å². The zero-order chi connectivity index (χ0) is 11.8. The standard InChI is InChI=1S/C14H16O3/c1-9-12-11(10-5-3-2-4-6-10)7-8-16-14(12)17-13(9)15/h2-6,9,11-12,14H,7-8H2,1H3/t9-,11+,12+,14+/m1/s1. The third-order valence-corrected chi connectivity index (χ3v) is 3.90. The van der Waals surface area contributed by atoms with Gasteiger partial charge in [0.1, 0.15) is 0 Å². The zero-order valence-corrected chi connectivity index (χ0v) is 9.84. The molecule has 0 amide bonds. The Morgan fingerprint density at radius 3 is 2.76 bits per heavy atom. The lowest BCUT2D eigenvalue weighted by Gasteiger charge is -2.33. The van der Waals surface area contributed by atoms with E-state index in [1.165, 1.54) is 5.56 Å². The molecule has 0 unspecified atom stereocenters. The third-order valence-electron chi connectivity index (χ3n) is 3.90. The fourth-order valence-corrected chi connectivity index (χ4v) is 2.97. The van der Waals surface area contributed by atoms with Gasteiger partial charge in [0.05, 0.1) is 12.5 Å². The van der Waals surface area contributed by atoms with E-state index in [1.807, 2.05) is 25.1 Å². The van der Waals surface area contributed by atoms with Crippen molar-refractivity contribution in [2.75, 3.05) is 6.61 Å². The average molecular weight is 232 g/mol. The molecule has 2 saturated heterocycles. The third kappa shape index (κ3) is 1.75. The summed E-state index contributed by atoms with van der Waals surface area (Å²) < 4.78 is 10.8. The van der Waals surface area contributed by atoms with Gasteiger partial charge in [-0.3, -0.25) is 4.79 Å². The molecule has 0 N–H and O–H groups in total. The van der Waals surface area contributed by atoms with Crippen LogP contribution >= 0.6 is 0 Å². The van der Waals surface area contributed by atoms with Gasteiger partial charge in [-0.2, -0.15) is 0 Å². The van der Waals surface area contributed by atoms with Gasteiger partial charge in [-0.1, -0.05) is 37.3 Å². The van der Waals surface area contributed by atoms with Gasteiger partial charge in [0.2, 0.25) is 6.29 Å². The lowest BCUT2D eigenvalue weighted by atomic mass is 9.76. The van der Waals surface area contributed by atoms with Crippen LogP contribution in [0.2, 0.25) is 0 Å². The fraction of sp³-hybridized carbons (Fsp3) is 0.500. The van der Waals surface area contributed by atoms with Gasteiger partial charge in [0, 0.05) is 5.92 Å². The van der Waals surface area contributed by atoms with Crippen molar-refractivity contribution in [3.8, 4) is 0 Å². The number of benzene rings is 1. The molecule has 3 nitrogen and oxygen atoms in total. The van der Waals surface area contributed by atoms with E-state index in [0.717, 1.165) is 6.42 Å². The fourth-order valence-electron chi connectivity index (χ4n) is 2.97. The molecule has 1 aromatic rings. The van der Waals surface area contributed by atoms with E-state index >= 15 is 0 Å². The van der Waals surface area contributed by atoms with Crippen LogP contribution in [0.4, 0.5) is 0 Å². The van der Waals surface area contributed by atoms with Crippen LogP contribution in [0.5, 0.6) is 0 Å². The van der Waals surface area contributed by atoms with E-state index < -0.39 is 0 Å². The number of fused-ring (bicyclic) bond motifs is 1. The highest BCUT2D eigenvalue weighted by molar-refractivity contribution is 5.75. The molecule has 0 radical (unpaired) electrons. The molecule has 0 aromatic heterocycles. The van der Waals surface area contributed by atoms with E-state index in [9.17, 15) is 4.79 Å². The minimum absolute atomic E-state index is 0.0643. The maximum atomic E-state index is 11.6. The Bertz CT molecular complexity index is 415. The van der Waals surface area contributed by atoms with Gasteiger partial charge in [-0.15, -0.1) is 0 Å². The number of rotatable bonds is 1. The Hall–Kier alpha value is -1.35. The monoisotopic (exact) mass is 232 g/mol. The summed E-state index contributed by atoms with van der Waals surface area (Å²) in [6, 6.07) is 10.4. The van der Waals surface area contributed by atoms with Crippen molar-refractivity contribution in [1.29, 1.82) is 0 Å². The molecule has 0 saturated carbocycles. The van der Waals surface area contributed by atoms with Crippen molar-refractivity contribution in [1.82, 2.24) is 0 Å². The molecule has 1 aromatic carbocycles. The molecule has 2 fully saturated rings. The Balaban J connectivity index is 1.92. The summed E-state index contributed by atoms with van der Waals surface area (Å²) in [4.78, 5) is 11.6. The summed E-state index contributed by atoms with van der Waals surface area (Å²) in [6.07, 6.45) is 0.628. The summed E-state index contributed by atoms with van der Waals surface area (Å²) in [5.74, 6) is 0.350. The Morgan fingerprint density at radius 2 is 2.00 bits per heavy atom. The second-order valence-corrected chi connectivity index (χ2v) is 4.85. The minimum atomic E-state index is -0.337. The van der Waals surface area contributed by atoms with E-state index in [2.05, 4.69) is 12.1 Å². The first kappa shape index (κ1) is 10.8. The molecule has 2 heterocycles. The van der Waals surface area contributed by atoms with Gasteiger partial charge in [0.25, 0.3) is 0 Å². The number of hydrogen-bond donors (Lipinski definition) is 0. The number of carbonyl (C=O) groups excluding carboxylic acids is 1. The van der Waals surface area contributed by atoms with Crippen LogP contribution in [0.15, 0.2) is 30.3 Å². The van der Waals surface area contributed by atoms with Crippen molar-refractivity contribution in [2.24, 2.45) is 11.8 Å². The molecular formula is C14H16O3. The quantitative estimate of drug-likeness (QED) is 0.697. The molecule has 90 valence electrons. The van der Waals surface area contributed by atoms with E-state index in [1.54, 1.807) is 0 Å². The van der Waals surface area contributed by atoms with Gasteiger partial charge >= 0.3 is 5.97 Å². The zero-order valence-electron chi connectivity index (χ0n) is 9.84. The normalized spacial score (nSPS) is 36.4. The Labute approximate surface area is 101 Å². The number of hydrogen-bond acceptors (Lipinski definition) is 3. The summed E-state index contributed by atoms with van der Waals surface area (Å²) >= 11 is 0. The molecule has 17 heavy (non-hydrogen) atoms. The van der Waals surface area contributed by atoms with Crippen molar-refractivity contribution < 1.29 is 14.3 Å². The number of esters is 1. The number of carbonyl (C=O) groups is 1.